The van der Waals surface area contributed by atoms with Gasteiger partial charge in [-0.25, -0.2) is 8.42 Å². The first-order valence-electron chi connectivity index (χ1n) is 11.1. The van der Waals surface area contributed by atoms with Crippen LogP contribution in [0.15, 0.2) is 41.3 Å². The smallest absolute Gasteiger partial charge is 0.265 e. The average molecular weight is 486 g/mol. The number of anilines is 2. The fraction of sp³-hybridized carbons (Fsp3) is 0.375. The van der Waals surface area contributed by atoms with Crippen LogP contribution < -0.4 is 15.4 Å². The summed E-state index contributed by atoms with van der Waals surface area (Å²) in [7, 11) is -3.90. The molecule has 2 N–H and O–H groups in total. The van der Waals surface area contributed by atoms with Crippen molar-refractivity contribution >= 4 is 39.0 Å². The predicted molar refractivity (Wildman–Crippen MR) is 126 cm³/mol. The van der Waals surface area contributed by atoms with E-state index in [9.17, 15) is 22.8 Å². The van der Waals surface area contributed by atoms with Crippen molar-refractivity contribution in [3.05, 3.63) is 47.5 Å². The Kier molecular flexibility index (Phi) is 6.46. The van der Waals surface area contributed by atoms with Crippen molar-refractivity contribution < 1.29 is 27.5 Å². The van der Waals surface area contributed by atoms with Crippen LogP contribution in [-0.2, 0) is 19.6 Å². The van der Waals surface area contributed by atoms with Crippen molar-refractivity contribution in [3.8, 4) is 5.75 Å². The van der Waals surface area contributed by atoms with E-state index in [1.807, 2.05) is 0 Å². The number of fused-ring (bicyclic) bond motifs is 1. The summed E-state index contributed by atoms with van der Waals surface area (Å²) in [5, 5.41) is 5.53. The van der Waals surface area contributed by atoms with Crippen molar-refractivity contribution in [2.24, 2.45) is 5.92 Å². The maximum atomic E-state index is 13.5. The molecule has 10 heteroatoms. The van der Waals surface area contributed by atoms with Gasteiger partial charge in [0.25, 0.3) is 5.91 Å². The Labute approximate surface area is 198 Å². The summed E-state index contributed by atoms with van der Waals surface area (Å²) < 4.78 is 33.9. The van der Waals surface area contributed by atoms with E-state index in [1.54, 1.807) is 44.2 Å². The van der Waals surface area contributed by atoms with Gasteiger partial charge in [-0.05, 0) is 57.4 Å². The van der Waals surface area contributed by atoms with Crippen LogP contribution in [0.1, 0.15) is 42.6 Å². The molecule has 34 heavy (non-hydrogen) atoms. The molecule has 4 rings (SSSR count). The van der Waals surface area contributed by atoms with Crippen molar-refractivity contribution in [3.63, 3.8) is 0 Å². The molecule has 0 aliphatic carbocycles. The van der Waals surface area contributed by atoms with Gasteiger partial charge in [-0.1, -0.05) is 12.1 Å². The van der Waals surface area contributed by atoms with Crippen molar-refractivity contribution in [2.75, 3.05) is 23.7 Å². The Hall–Kier alpha value is -3.24. The Bertz CT molecular complexity index is 1270. The number of hydrogen-bond donors (Lipinski definition) is 2. The molecule has 0 radical (unpaired) electrons. The second-order valence-electron chi connectivity index (χ2n) is 8.69. The lowest BCUT2D eigenvalue weighted by molar-refractivity contribution is -0.123. The summed E-state index contributed by atoms with van der Waals surface area (Å²) in [6.07, 6.45) is 0.369. The zero-order valence-corrected chi connectivity index (χ0v) is 20.1. The SMILES string of the molecule is CC(=O)c1cccc(NC(=O)[C@H]2CCCN(S(=O)(=O)c3cc4c(cc3C)NC(=O)[C@@H](C)O4)C2)c1. The van der Waals surface area contributed by atoms with E-state index in [0.717, 1.165) is 0 Å². The number of carbonyl (C=O) groups excluding carboxylic acids is 3. The van der Waals surface area contributed by atoms with E-state index in [1.165, 1.54) is 17.3 Å². The summed E-state index contributed by atoms with van der Waals surface area (Å²) >= 11 is 0. The number of ketones is 1. The third-order valence-corrected chi connectivity index (χ3v) is 8.12. The number of nitrogens with one attached hydrogen (secondary N) is 2. The number of nitrogens with zero attached hydrogens (tertiary/aromatic N) is 1. The molecular weight excluding hydrogens is 458 g/mol. The summed E-state index contributed by atoms with van der Waals surface area (Å²) in [6.45, 7) is 5.05. The number of sulfonamides is 1. The van der Waals surface area contributed by atoms with Gasteiger partial charge in [0.2, 0.25) is 15.9 Å². The molecule has 9 nitrogen and oxygen atoms in total. The molecule has 2 atom stereocenters. The number of Topliss-reactive ketones (excluding diaryl/α,β-unsaturated/α-hetero) is 1. The van der Waals surface area contributed by atoms with Crippen LogP contribution >= 0.6 is 0 Å². The number of amides is 2. The van der Waals surface area contributed by atoms with E-state index in [2.05, 4.69) is 10.6 Å². The molecule has 2 amide bonds. The maximum absolute atomic E-state index is 13.5. The van der Waals surface area contributed by atoms with Crippen LogP contribution in [-0.4, -0.2) is 49.5 Å². The molecule has 2 aliphatic rings. The third kappa shape index (κ3) is 4.69. The Morgan fingerprint density at radius 1 is 1.21 bits per heavy atom. The van der Waals surface area contributed by atoms with Crippen LogP contribution in [0.5, 0.6) is 5.75 Å². The lowest BCUT2D eigenvalue weighted by Crippen LogP contribution is -2.44. The molecular formula is C24H27N3O6S. The highest BCUT2D eigenvalue weighted by Gasteiger charge is 2.35. The van der Waals surface area contributed by atoms with Gasteiger partial charge in [-0.15, -0.1) is 0 Å². The van der Waals surface area contributed by atoms with E-state index in [0.29, 0.717) is 47.6 Å². The van der Waals surface area contributed by atoms with Gasteiger partial charge >= 0.3 is 0 Å². The minimum atomic E-state index is -3.90. The van der Waals surface area contributed by atoms with Crippen molar-refractivity contribution in [1.29, 1.82) is 0 Å². The fourth-order valence-electron chi connectivity index (χ4n) is 4.19. The minimum absolute atomic E-state index is 0.0467. The van der Waals surface area contributed by atoms with E-state index in [-0.39, 0.29) is 29.0 Å². The highest BCUT2D eigenvalue weighted by Crippen LogP contribution is 2.36. The standard InChI is InChI=1S/C24H27N3O6S/c1-14-10-20-21(33-16(3)23(29)26-20)12-22(14)34(31,32)27-9-5-7-18(13-27)24(30)25-19-8-4-6-17(11-19)15(2)28/h4,6,8,10-12,16,18H,5,7,9,13H2,1-3H3,(H,25,30)(H,26,29)/t16-,18+/m1/s1. The average Bonchev–Trinajstić information content (AvgIpc) is 2.80. The van der Waals surface area contributed by atoms with Crippen molar-refractivity contribution in [2.45, 2.75) is 44.6 Å². The topological polar surface area (TPSA) is 122 Å². The van der Waals surface area contributed by atoms with Crippen molar-refractivity contribution in [1.82, 2.24) is 4.31 Å². The van der Waals surface area contributed by atoms with Gasteiger partial charge in [0.1, 0.15) is 5.75 Å². The van der Waals surface area contributed by atoms with Gasteiger partial charge < -0.3 is 15.4 Å². The second-order valence-corrected chi connectivity index (χ2v) is 10.6. The second kappa shape index (κ2) is 9.19. The van der Waals surface area contributed by atoms with Crippen LogP contribution in [0.3, 0.4) is 0 Å². The molecule has 2 aliphatic heterocycles. The lowest BCUT2D eigenvalue weighted by atomic mass is 9.98. The first kappa shape index (κ1) is 23.9. The Morgan fingerprint density at radius 3 is 2.71 bits per heavy atom. The first-order chi connectivity index (χ1) is 16.1. The van der Waals surface area contributed by atoms with Gasteiger partial charge in [0, 0.05) is 30.4 Å². The number of rotatable bonds is 5. The zero-order valence-electron chi connectivity index (χ0n) is 19.3. The molecule has 2 heterocycles. The highest BCUT2D eigenvalue weighted by atomic mass is 32.2. The normalized spacial score (nSPS) is 20.6. The summed E-state index contributed by atoms with van der Waals surface area (Å²) in [5.74, 6) is -0.917. The Balaban J connectivity index is 1.53. The Morgan fingerprint density at radius 2 is 1.97 bits per heavy atom. The quantitative estimate of drug-likeness (QED) is 0.628. The van der Waals surface area contributed by atoms with Gasteiger partial charge in [0.15, 0.2) is 11.9 Å². The van der Waals surface area contributed by atoms with Gasteiger partial charge in [-0.3, -0.25) is 14.4 Å². The summed E-state index contributed by atoms with van der Waals surface area (Å²) in [5.41, 5.74) is 1.89. The molecule has 0 spiro atoms. The molecule has 0 bridgehead atoms. The maximum Gasteiger partial charge on any atom is 0.265 e. The third-order valence-electron chi connectivity index (χ3n) is 6.12. The number of ether oxygens (including phenoxy) is 1. The number of carbonyl (C=O) groups is 3. The molecule has 1 fully saturated rings. The molecule has 0 aromatic heterocycles. The summed E-state index contributed by atoms with van der Waals surface area (Å²) in [6, 6.07) is 9.68. The lowest BCUT2D eigenvalue weighted by Gasteiger charge is -2.32. The molecule has 0 saturated carbocycles. The fourth-order valence-corrected chi connectivity index (χ4v) is 5.94. The van der Waals surface area contributed by atoms with Gasteiger partial charge in [-0.2, -0.15) is 4.31 Å². The number of hydrogen-bond acceptors (Lipinski definition) is 6. The molecule has 2 aromatic rings. The highest BCUT2D eigenvalue weighted by molar-refractivity contribution is 7.89. The molecule has 2 aromatic carbocycles. The number of benzene rings is 2. The monoisotopic (exact) mass is 485 g/mol. The minimum Gasteiger partial charge on any atom is -0.479 e. The summed E-state index contributed by atoms with van der Waals surface area (Å²) in [4.78, 5) is 36.5. The van der Waals surface area contributed by atoms with E-state index < -0.39 is 22.0 Å². The largest absolute Gasteiger partial charge is 0.479 e. The number of piperidine rings is 1. The molecule has 180 valence electrons. The van der Waals surface area contributed by atoms with Crippen LogP contribution in [0.2, 0.25) is 0 Å². The first-order valence-corrected chi connectivity index (χ1v) is 12.5. The van der Waals surface area contributed by atoms with Crippen LogP contribution in [0.4, 0.5) is 11.4 Å². The molecule has 1 saturated heterocycles. The van der Waals surface area contributed by atoms with Gasteiger partial charge in [0.05, 0.1) is 16.5 Å². The number of aryl methyl sites for hydroxylation is 1. The van der Waals surface area contributed by atoms with E-state index in [4.69, 9.17) is 4.74 Å². The van der Waals surface area contributed by atoms with Crippen LogP contribution in [0.25, 0.3) is 0 Å². The zero-order chi connectivity index (χ0) is 24.6. The van der Waals surface area contributed by atoms with Crippen LogP contribution in [0, 0.1) is 12.8 Å². The van der Waals surface area contributed by atoms with E-state index >= 15 is 0 Å². The predicted octanol–water partition coefficient (Wildman–Crippen LogP) is 2.96. The molecule has 0 unspecified atom stereocenters.